The zero-order chi connectivity index (χ0) is 21.6. The Morgan fingerprint density at radius 1 is 1.23 bits per heavy atom. The van der Waals surface area contributed by atoms with Crippen LogP contribution < -0.4 is 4.74 Å². The van der Waals surface area contributed by atoms with Crippen LogP contribution in [0.15, 0.2) is 36.2 Å². The van der Waals surface area contributed by atoms with Crippen molar-refractivity contribution in [2.75, 3.05) is 0 Å². The van der Waals surface area contributed by atoms with E-state index in [4.69, 9.17) is 16.3 Å². The van der Waals surface area contributed by atoms with Crippen molar-refractivity contribution in [2.24, 2.45) is 11.8 Å². The largest absolute Gasteiger partial charge is 0.511 e. The number of carbonyl (C=O) groups is 1. The summed E-state index contributed by atoms with van der Waals surface area (Å²) in [5.74, 6) is -0.754. The molecular weight excluding hydrogens is 419 g/mol. The highest BCUT2D eigenvalue weighted by atomic mass is 35.5. The van der Waals surface area contributed by atoms with Crippen molar-refractivity contribution in [2.45, 2.75) is 38.8 Å². The Morgan fingerprint density at radius 3 is 2.67 bits per heavy atom. The Bertz CT molecular complexity index is 1050. The number of allylic oxidation sites excluding steroid dienone is 2. The van der Waals surface area contributed by atoms with Crippen LogP contribution in [0.1, 0.15) is 42.9 Å². The number of hydrogen-bond donors (Lipinski definition) is 1. The van der Waals surface area contributed by atoms with Crippen molar-refractivity contribution in [1.82, 2.24) is 4.98 Å². The first-order valence-electron chi connectivity index (χ1n) is 9.70. The van der Waals surface area contributed by atoms with E-state index in [-0.39, 0.29) is 39.7 Å². The number of aliphatic hydroxyl groups is 1. The van der Waals surface area contributed by atoms with E-state index < -0.39 is 17.6 Å². The Labute approximate surface area is 176 Å². The summed E-state index contributed by atoms with van der Waals surface area (Å²) in [6.45, 7) is 1.90. The molecule has 2 aromatic rings. The monoisotopic (exact) mass is 437 g/mol. The molecule has 4 nitrogen and oxygen atoms in total. The third-order valence-corrected chi connectivity index (χ3v) is 5.97. The minimum Gasteiger partial charge on any atom is -0.511 e. The Morgan fingerprint density at radius 2 is 1.97 bits per heavy atom. The molecule has 0 aliphatic heterocycles. The molecule has 1 heterocycles. The number of rotatable bonds is 4. The summed E-state index contributed by atoms with van der Waals surface area (Å²) in [7, 11) is 0. The molecule has 1 fully saturated rings. The first-order chi connectivity index (χ1) is 14.2. The van der Waals surface area contributed by atoms with E-state index in [1.165, 1.54) is 12.1 Å². The van der Waals surface area contributed by atoms with Gasteiger partial charge in [-0.25, -0.2) is 4.98 Å². The Balaban J connectivity index is 1.77. The third kappa shape index (κ3) is 3.67. The van der Waals surface area contributed by atoms with Gasteiger partial charge in [0.25, 0.3) is 0 Å². The van der Waals surface area contributed by atoms with Gasteiger partial charge in [0.05, 0.1) is 10.6 Å². The van der Waals surface area contributed by atoms with Gasteiger partial charge in [-0.05, 0) is 55.0 Å². The van der Waals surface area contributed by atoms with Crippen LogP contribution in [0, 0.1) is 11.8 Å². The van der Waals surface area contributed by atoms with E-state index in [9.17, 15) is 23.1 Å². The molecule has 0 spiro atoms. The maximum absolute atomic E-state index is 13.4. The fourth-order valence-corrected chi connectivity index (χ4v) is 4.41. The van der Waals surface area contributed by atoms with Gasteiger partial charge in [-0.3, -0.25) is 4.79 Å². The quantitative estimate of drug-likeness (QED) is 0.603. The Kier molecular flexibility index (Phi) is 5.26. The van der Waals surface area contributed by atoms with Crippen LogP contribution in [0.2, 0.25) is 5.02 Å². The summed E-state index contributed by atoms with van der Waals surface area (Å²) < 4.78 is 45.5. The molecule has 2 aliphatic carbocycles. The van der Waals surface area contributed by atoms with Gasteiger partial charge in [-0.15, -0.1) is 0 Å². The first kappa shape index (κ1) is 20.7. The lowest BCUT2D eigenvalue weighted by atomic mass is 9.81. The zero-order valence-corrected chi connectivity index (χ0v) is 16.8. The van der Waals surface area contributed by atoms with Crippen molar-refractivity contribution < 1.29 is 27.8 Å². The molecular formula is C22H19ClF3NO3. The molecule has 158 valence electrons. The SMILES string of the molecule is CCc1ccc(Oc2ncc(Cl)cc2C(F)(F)F)cc1C1=C(O)[C@@H]2CC[C@H](C2)C1=O. The number of benzene rings is 1. The minimum atomic E-state index is -4.70. The topological polar surface area (TPSA) is 59.4 Å². The average Bonchev–Trinajstić information content (AvgIpc) is 3.15. The number of aryl methyl sites for hydroxylation is 1. The van der Waals surface area contributed by atoms with E-state index in [1.807, 2.05) is 6.92 Å². The number of nitrogens with zero attached hydrogens (tertiary/aromatic N) is 1. The lowest BCUT2D eigenvalue weighted by molar-refractivity contribution is -0.138. The van der Waals surface area contributed by atoms with E-state index in [0.717, 1.165) is 30.7 Å². The highest BCUT2D eigenvalue weighted by molar-refractivity contribution is 6.30. The number of fused-ring (bicyclic) bond motifs is 2. The van der Waals surface area contributed by atoms with Crippen molar-refractivity contribution >= 4 is 23.0 Å². The van der Waals surface area contributed by atoms with E-state index in [1.54, 1.807) is 6.07 Å². The smallest absolute Gasteiger partial charge is 0.421 e. The van der Waals surface area contributed by atoms with Gasteiger partial charge in [-0.2, -0.15) is 13.2 Å². The first-order valence-corrected chi connectivity index (χ1v) is 10.1. The number of pyridine rings is 1. The molecule has 1 aromatic heterocycles. The summed E-state index contributed by atoms with van der Waals surface area (Å²) in [5, 5.41) is 10.5. The number of aromatic nitrogens is 1. The predicted molar refractivity (Wildman–Crippen MR) is 106 cm³/mol. The maximum Gasteiger partial charge on any atom is 0.421 e. The lowest BCUT2D eigenvalue weighted by Gasteiger charge is -2.23. The lowest BCUT2D eigenvalue weighted by Crippen LogP contribution is -2.22. The normalized spacial score (nSPS) is 21.3. The molecule has 1 saturated carbocycles. The molecule has 8 heteroatoms. The molecule has 1 aromatic carbocycles. The van der Waals surface area contributed by atoms with Crippen LogP contribution >= 0.6 is 11.6 Å². The second kappa shape index (κ2) is 7.61. The molecule has 2 aliphatic rings. The fourth-order valence-electron chi connectivity index (χ4n) is 4.26. The minimum absolute atomic E-state index is 0.0493. The van der Waals surface area contributed by atoms with Crippen LogP contribution in [0.25, 0.3) is 5.57 Å². The average molecular weight is 438 g/mol. The molecule has 1 N–H and O–H groups in total. The predicted octanol–water partition coefficient (Wildman–Crippen LogP) is 6.38. The molecule has 30 heavy (non-hydrogen) atoms. The van der Waals surface area contributed by atoms with Crippen molar-refractivity contribution in [1.29, 1.82) is 0 Å². The molecule has 4 rings (SSSR count). The summed E-state index contributed by atoms with van der Waals surface area (Å²) in [6.07, 6.45) is -0.897. The zero-order valence-electron chi connectivity index (χ0n) is 16.1. The number of ketones is 1. The van der Waals surface area contributed by atoms with Gasteiger partial charge in [0.1, 0.15) is 17.1 Å². The summed E-state index contributed by atoms with van der Waals surface area (Å²) in [6, 6.07) is 5.47. The second-order valence-electron chi connectivity index (χ2n) is 7.61. The number of halogens is 4. The van der Waals surface area contributed by atoms with Crippen molar-refractivity contribution in [3.63, 3.8) is 0 Å². The molecule has 0 unspecified atom stereocenters. The number of hydrogen-bond acceptors (Lipinski definition) is 4. The van der Waals surface area contributed by atoms with Gasteiger partial charge in [0.15, 0.2) is 5.78 Å². The third-order valence-electron chi connectivity index (χ3n) is 5.76. The van der Waals surface area contributed by atoms with Crippen LogP contribution in [-0.4, -0.2) is 15.9 Å². The maximum atomic E-state index is 13.4. The summed E-state index contributed by atoms with van der Waals surface area (Å²) in [4.78, 5) is 16.6. The van der Waals surface area contributed by atoms with Crippen molar-refractivity contribution in [3.8, 4) is 11.6 Å². The van der Waals surface area contributed by atoms with Gasteiger partial charge in [0.2, 0.25) is 5.88 Å². The van der Waals surface area contributed by atoms with Crippen LogP contribution in [0.3, 0.4) is 0 Å². The number of aliphatic hydroxyl groups excluding tert-OH is 1. The highest BCUT2D eigenvalue weighted by Crippen LogP contribution is 2.46. The van der Waals surface area contributed by atoms with Crippen LogP contribution in [0.4, 0.5) is 13.2 Å². The molecule has 2 atom stereocenters. The van der Waals surface area contributed by atoms with Crippen molar-refractivity contribution in [3.05, 3.63) is 57.9 Å². The van der Waals surface area contributed by atoms with Gasteiger partial charge >= 0.3 is 6.18 Å². The molecule has 0 saturated heterocycles. The second-order valence-corrected chi connectivity index (χ2v) is 8.05. The fraction of sp³-hybridized carbons (Fsp3) is 0.364. The van der Waals surface area contributed by atoms with Gasteiger partial charge in [-0.1, -0.05) is 24.6 Å². The van der Waals surface area contributed by atoms with Crippen LogP contribution in [-0.2, 0) is 17.4 Å². The van der Waals surface area contributed by atoms with Gasteiger partial charge < -0.3 is 9.84 Å². The highest BCUT2D eigenvalue weighted by Gasteiger charge is 2.42. The van der Waals surface area contributed by atoms with E-state index >= 15 is 0 Å². The standard InChI is InChI=1S/C22H19ClF3NO3/c1-2-11-5-6-15(30-21-17(22(24,25)26)8-14(23)10-27-21)9-16(11)18-19(28)12-3-4-13(7-12)20(18)29/h5-6,8-10,12-13,28H,2-4,7H2,1H3/t12-,13-/m1/s1. The molecule has 2 bridgehead atoms. The molecule has 0 amide bonds. The number of alkyl halides is 3. The molecule has 0 radical (unpaired) electrons. The Hall–Kier alpha value is -2.54. The summed E-state index contributed by atoms with van der Waals surface area (Å²) in [5.41, 5.74) is 0.469. The van der Waals surface area contributed by atoms with Crippen LogP contribution in [0.5, 0.6) is 11.6 Å². The van der Waals surface area contributed by atoms with Gasteiger partial charge in [0, 0.05) is 18.0 Å². The van der Waals surface area contributed by atoms with E-state index in [0.29, 0.717) is 18.4 Å². The summed E-state index contributed by atoms with van der Waals surface area (Å²) >= 11 is 5.67. The number of carbonyl (C=O) groups excluding carboxylic acids is 1. The number of ether oxygens (including phenoxy) is 1. The number of Topliss-reactive ketones (excluding diaryl/α,β-unsaturated/α-hetero) is 1. The van der Waals surface area contributed by atoms with E-state index in [2.05, 4.69) is 4.98 Å².